The summed E-state index contributed by atoms with van der Waals surface area (Å²) in [4.78, 5) is 28.4. The van der Waals surface area contributed by atoms with E-state index in [2.05, 4.69) is 4.98 Å². The van der Waals surface area contributed by atoms with Gasteiger partial charge in [0.2, 0.25) is 0 Å². The molecule has 22 heavy (non-hydrogen) atoms. The number of para-hydroxylation sites is 1. The lowest BCUT2D eigenvalue weighted by Gasteiger charge is -2.14. The molecular weight excluding hydrogens is 282 g/mol. The van der Waals surface area contributed by atoms with Gasteiger partial charge in [0, 0.05) is 17.5 Å². The number of ether oxygens (including phenoxy) is 2. The summed E-state index contributed by atoms with van der Waals surface area (Å²) in [5.74, 6) is -2.12. The van der Waals surface area contributed by atoms with E-state index in [1.165, 1.54) is 0 Å². The molecule has 0 saturated heterocycles. The van der Waals surface area contributed by atoms with Crippen LogP contribution >= 0.6 is 0 Å². The molecule has 0 atom stereocenters. The molecule has 0 aliphatic rings. The van der Waals surface area contributed by atoms with Crippen molar-refractivity contribution in [3.05, 3.63) is 42.1 Å². The van der Waals surface area contributed by atoms with E-state index in [1.54, 1.807) is 13.8 Å². The number of rotatable bonds is 6. The second-order valence-corrected chi connectivity index (χ2v) is 4.76. The molecule has 0 amide bonds. The summed E-state index contributed by atoms with van der Waals surface area (Å²) in [6.07, 6.45) is 0.169. The molecule has 0 bridgehead atoms. The number of carbonyl (C=O) groups excluding carboxylic acids is 2. The van der Waals surface area contributed by atoms with Crippen LogP contribution in [0.4, 0.5) is 0 Å². The Balaban J connectivity index is 2.23. The van der Waals surface area contributed by atoms with E-state index in [-0.39, 0.29) is 19.6 Å². The number of esters is 2. The molecule has 2 aromatic rings. The van der Waals surface area contributed by atoms with Gasteiger partial charge in [-0.3, -0.25) is 14.6 Å². The number of benzene rings is 1. The average Bonchev–Trinajstić information content (AvgIpc) is 2.52. The fraction of sp³-hybridized carbons (Fsp3) is 0.353. The first-order valence-electron chi connectivity index (χ1n) is 7.33. The highest BCUT2D eigenvalue weighted by Gasteiger charge is 2.30. The van der Waals surface area contributed by atoms with Crippen LogP contribution < -0.4 is 0 Å². The van der Waals surface area contributed by atoms with Crippen molar-refractivity contribution >= 4 is 22.8 Å². The van der Waals surface area contributed by atoms with Crippen molar-refractivity contribution in [1.82, 2.24) is 4.98 Å². The molecule has 1 heterocycles. The van der Waals surface area contributed by atoms with Gasteiger partial charge in [-0.05, 0) is 26.0 Å². The standard InChI is InChI=1S/C17H19NO4/c1-3-21-16(19)14(17(20)22-4-2)11-13-10-9-12-7-5-6-8-15(12)18-13/h5-10,14H,3-4,11H2,1-2H3. The maximum atomic E-state index is 12.0. The van der Waals surface area contributed by atoms with Gasteiger partial charge in [-0.1, -0.05) is 24.3 Å². The number of hydrogen-bond acceptors (Lipinski definition) is 5. The van der Waals surface area contributed by atoms with Crippen LogP contribution in [0, 0.1) is 5.92 Å². The van der Waals surface area contributed by atoms with Gasteiger partial charge < -0.3 is 9.47 Å². The molecule has 2 rings (SSSR count). The minimum Gasteiger partial charge on any atom is -0.465 e. The Morgan fingerprint density at radius 1 is 1.00 bits per heavy atom. The quantitative estimate of drug-likeness (QED) is 0.606. The van der Waals surface area contributed by atoms with Crippen molar-refractivity contribution in [3.8, 4) is 0 Å². The van der Waals surface area contributed by atoms with Gasteiger partial charge in [0.15, 0.2) is 5.92 Å². The molecule has 1 aromatic heterocycles. The summed E-state index contributed by atoms with van der Waals surface area (Å²) < 4.78 is 9.93. The lowest BCUT2D eigenvalue weighted by atomic mass is 10.0. The lowest BCUT2D eigenvalue weighted by Crippen LogP contribution is -2.30. The maximum absolute atomic E-state index is 12.0. The van der Waals surface area contributed by atoms with E-state index in [0.717, 1.165) is 10.9 Å². The van der Waals surface area contributed by atoms with E-state index in [4.69, 9.17) is 9.47 Å². The van der Waals surface area contributed by atoms with E-state index in [1.807, 2.05) is 36.4 Å². The summed E-state index contributed by atoms with van der Waals surface area (Å²) in [7, 11) is 0. The van der Waals surface area contributed by atoms with Crippen LogP contribution in [0.3, 0.4) is 0 Å². The van der Waals surface area contributed by atoms with Crippen LogP contribution in [0.15, 0.2) is 36.4 Å². The summed E-state index contributed by atoms with van der Waals surface area (Å²) in [6, 6.07) is 11.4. The first kappa shape index (κ1) is 15.9. The summed E-state index contributed by atoms with van der Waals surface area (Å²) in [6.45, 7) is 3.85. The summed E-state index contributed by atoms with van der Waals surface area (Å²) in [5, 5.41) is 1.01. The molecule has 0 saturated carbocycles. The second kappa shape index (κ2) is 7.54. The van der Waals surface area contributed by atoms with Gasteiger partial charge in [0.05, 0.1) is 18.7 Å². The Morgan fingerprint density at radius 2 is 1.64 bits per heavy atom. The molecule has 5 nitrogen and oxygen atoms in total. The van der Waals surface area contributed by atoms with Gasteiger partial charge in [0.1, 0.15) is 0 Å². The number of hydrogen-bond donors (Lipinski definition) is 0. The highest BCUT2D eigenvalue weighted by Crippen LogP contribution is 2.16. The van der Waals surface area contributed by atoms with E-state index < -0.39 is 17.9 Å². The van der Waals surface area contributed by atoms with Crippen LogP contribution in [-0.4, -0.2) is 30.1 Å². The molecule has 0 spiro atoms. The van der Waals surface area contributed by atoms with Crippen LogP contribution in [0.25, 0.3) is 10.9 Å². The Morgan fingerprint density at radius 3 is 2.27 bits per heavy atom. The minimum absolute atomic E-state index is 0.169. The molecule has 0 aliphatic carbocycles. The van der Waals surface area contributed by atoms with Crippen molar-refractivity contribution in [3.63, 3.8) is 0 Å². The number of fused-ring (bicyclic) bond motifs is 1. The maximum Gasteiger partial charge on any atom is 0.320 e. The highest BCUT2D eigenvalue weighted by molar-refractivity contribution is 5.95. The second-order valence-electron chi connectivity index (χ2n) is 4.76. The lowest BCUT2D eigenvalue weighted by molar-refractivity contribution is -0.161. The molecule has 5 heteroatoms. The van der Waals surface area contributed by atoms with E-state index in [9.17, 15) is 9.59 Å². The van der Waals surface area contributed by atoms with Gasteiger partial charge in [0.25, 0.3) is 0 Å². The molecular formula is C17H19NO4. The third-order valence-corrected chi connectivity index (χ3v) is 3.21. The molecule has 0 radical (unpaired) electrons. The zero-order valence-electron chi connectivity index (χ0n) is 12.7. The predicted molar refractivity (Wildman–Crippen MR) is 82.2 cm³/mol. The smallest absolute Gasteiger partial charge is 0.320 e. The van der Waals surface area contributed by atoms with E-state index >= 15 is 0 Å². The van der Waals surface area contributed by atoms with Gasteiger partial charge in [-0.15, -0.1) is 0 Å². The topological polar surface area (TPSA) is 65.5 Å². The molecule has 0 unspecified atom stereocenters. The minimum atomic E-state index is -0.978. The molecule has 116 valence electrons. The zero-order valence-corrected chi connectivity index (χ0v) is 12.7. The van der Waals surface area contributed by atoms with E-state index in [0.29, 0.717) is 5.69 Å². The van der Waals surface area contributed by atoms with Gasteiger partial charge in [-0.2, -0.15) is 0 Å². The Hall–Kier alpha value is -2.43. The fourth-order valence-electron chi connectivity index (χ4n) is 2.18. The van der Waals surface area contributed by atoms with Crippen LogP contribution in [0.1, 0.15) is 19.5 Å². The predicted octanol–water partition coefficient (Wildman–Crippen LogP) is 2.52. The van der Waals surface area contributed by atoms with Crippen molar-refractivity contribution < 1.29 is 19.1 Å². The number of pyridine rings is 1. The van der Waals surface area contributed by atoms with Crippen molar-refractivity contribution in [2.24, 2.45) is 5.92 Å². The van der Waals surface area contributed by atoms with Crippen LogP contribution in [-0.2, 0) is 25.5 Å². The molecule has 0 N–H and O–H groups in total. The van der Waals surface area contributed by atoms with Gasteiger partial charge in [-0.25, -0.2) is 0 Å². The monoisotopic (exact) mass is 301 g/mol. The highest BCUT2D eigenvalue weighted by atomic mass is 16.6. The fourth-order valence-corrected chi connectivity index (χ4v) is 2.18. The summed E-state index contributed by atoms with van der Waals surface area (Å²) >= 11 is 0. The molecule has 0 fully saturated rings. The Kier molecular flexibility index (Phi) is 5.47. The first-order valence-corrected chi connectivity index (χ1v) is 7.33. The van der Waals surface area contributed by atoms with Crippen LogP contribution in [0.2, 0.25) is 0 Å². The third kappa shape index (κ3) is 3.81. The van der Waals surface area contributed by atoms with Gasteiger partial charge >= 0.3 is 11.9 Å². The normalized spacial score (nSPS) is 10.7. The third-order valence-electron chi connectivity index (χ3n) is 3.21. The van der Waals surface area contributed by atoms with Crippen LogP contribution in [0.5, 0.6) is 0 Å². The Labute approximate surface area is 129 Å². The van der Waals surface area contributed by atoms with Crippen molar-refractivity contribution in [2.75, 3.05) is 13.2 Å². The van der Waals surface area contributed by atoms with Crippen molar-refractivity contribution in [2.45, 2.75) is 20.3 Å². The van der Waals surface area contributed by atoms with Crippen molar-refractivity contribution in [1.29, 1.82) is 0 Å². The Bertz CT molecular complexity index is 651. The SMILES string of the molecule is CCOC(=O)C(Cc1ccc2ccccc2n1)C(=O)OCC. The number of aromatic nitrogens is 1. The zero-order chi connectivity index (χ0) is 15.9. The number of carbonyl (C=O) groups is 2. The average molecular weight is 301 g/mol. The molecule has 1 aromatic carbocycles. The summed E-state index contributed by atoms with van der Waals surface area (Å²) in [5.41, 5.74) is 1.48. The molecule has 0 aliphatic heterocycles. The first-order chi connectivity index (χ1) is 10.7. The largest absolute Gasteiger partial charge is 0.465 e. The number of nitrogens with zero attached hydrogens (tertiary/aromatic N) is 1.